The number of fused-ring (bicyclic) bond motifs is 1. The first-order valence-corrected chi connectivity index (χ1v) is 6.79. The smallest absolute Gasteiger partial charge is 0.193 e. The Morgan fingerprint density at radius 3 is 2.65 bits per heavy atom. The van der Waals surface area contributed by atoms with Crippen molar-refractivity contribution in [2.24, 2.45) is 0 Å². The zero-order chi connectivity index (χ0) is 16.4. The van der Waals surface area contributed by atoms with Gasteiger partial charge in [0.05, 0.1) is 18.1 Å². The lowest BCUT2D eigenvalue weighted by atomic mass is 10.0. The lowest BCUT2D eigenvalue weighted by Gasteiger charge is -2.06. The van der Waals surface area contributed by atoms with E-state index in [0.29, 0.717) is 39.2 Å². The summed E-state index contributed by atoms with van der Waals surface area (Å²) in [4.78, 5) is 12.3. The number of terminal acetylenes is 1. The van der Waals surface area contributed by atoms with Gasteiger partial charge in [-0.3, -0.25) is 4.79 Å². The molecular weight excluding hydrogens is 290 g/mol. The van der Waals surface area contributed by atoms with Crippen LogP contribution in [-0.2, 0) is 0 Å². The molecule has 4 heteroatoms. The minimum Gasteiger partial charge on any atom is -0.497 e. The number of rotatable bonds is 2. The van der Waals surface area contributed by atoms with Crippen molar-refractivity contribution in [3.63, 3.8) is 0 Å². The molecule has 0 bridgehead atoms. The highest BCUT2D eigenvalue weighted by Gasteiger charge is 2.10. The zero-order valence-electron chi connectivity index (χ0n) is 12.3. The fourth-order valence-electron chi connectivity index (χ4n) is 2.32. The van der Waals surface area contributed by atoms with Gasteiger partial charge < -0.3 is 9.15 Å². The van der Waals surface area contributed by atoms with Gasteiger partial charge in [-0.2, -0.15) is 5.26 Å². The van der Waals surface area contributed by atoms with Crippen LogP contribution in [0.1, 0.15) is 11.1 Å². The molecule has 0 aliphatic heterocycles. The predicted octanol–water partition coefficient (Wildman–Crippen LogP) is 3.32. The number of ether oxygens (including phenoxy) is 1. The standard InChI is InChI=1S/C19H11NO3/c1-3-12-8-13(4-5-14(12)11-20)18-10-17(21)16-7-6-15(22-2)9-19(16)23-18/h1,4-10H,2H3. The lowest BCUT2D eigenvalue weighted by Crippen LogP contribution is -2.00. The largest absolute Gasteiger partial charge is 0.497 e. The lowest BCUT2D eigenvalue weighted by molar-refractivity contribution is 0.414. The summed E-state index contributed by atoms with van der Waals surface area (Å²) in [6, 6.07) is 13.4. The first-order valence-electron chi connectivity index (χ1n) is 6.79. The Morgan fingerprint density at radius 1 is 1.13 bits per heavy atom. The van der Waals surface area contributed by atoms with Crippen LogP contribution in [0, 0.1) is 23.7 Å². The van der Waals surface area contributed by atoms with Crippen molar-refractivity contribution in [1.82, 2.24) is 0 Å². The molecule has 3 aromatic rings. The van der Waals surface area contributed by atoms with Gasteiger partial charge in [-0.1, -0.05) is 5.92 Å². The molecule has 0 spiro atoms. The molecule has 0 N–H and O–H groups in total. The Hall–Kier alpha value is -3.50. The van der Waals surface area contributed by atoms with Gasteiger partial charge in [0, 0.05) is 23.3 Å². The summed E-state index contributed by atoms with van der Waals surface area (Å²) in [5, 5.41) is 9.49. The molecule has 0 atom stereocenters. The highest BCUT2D eigenvalue weighted by molar-refractivity contribution is 5.80. The van der Waals surface area contributed by atoms with Gasteiger partial charge in [-0.05, 0) is 30.3 Å². The molecule has 1 heterocycles. The Labute approximate surface area is 132 Å². The minimum absolute atomic E-state index is 0.157. The van der Waals surface area contributed by atoms with Crippen molar-refractivity contribution in [2.75, 3.05) is 7.11 Å². The third-order valence-electron chi connectivity index (χ3n) is 3.52. The van der Waals surface area contributed by atoms with Crippen LogP contribution in [0.3, 0.4) is 0 Å². The maximum absolute atomic E-state index is 12.3. The van der Waals surface area contributed by atoms with Gasteiger partial charge in [-0.15, -0.1) is 6.42 Å². The van der Waals surface area contributed by atoms with Crippen molar-refractivity contribution in [3.05, 3.63) is 63.8 Å². The zero-order valence-corrected chi connectivity index (χ0v) is 12.3. The number of nitriles is 1. The Kier molecular flexibility index (Phi) is 3.58. The molecule has 110 valence electrons. The van der Waals surface area contributed by atoms with E-state index in [2.05, 4.69) is 5.92 Å². The summed E-state index contributed by atoms with van der Waals surface area (Å²) in [5.74, 6) is 3.45. The molecule has 0 aliphatic rings. The van der Waals surface area contributed by atoms with Gasteiger partial charge in [0.2, 0.25) is 0 Å². The van der Waals surface area contributed by atoms with E-state index in [9.17, 15) is 4.79 Å². The first-order chi connectivity index (χ1) is 11.2. The normalized spacial score (nSPS) is 10.0. The molecule has 0 fully saturated rings. The Balaban J connectivity index is 2.23. The van der Waals surface area contributed by atoms with Crippen molar-refractivity contribution in [3.8, 4) is 35.5 Å². The summed E-state index contributed by atoms with van der Waals surface area (Å²) >= 11 is 0. The molecule has 4 nitrogen and oxygen atoms in total. The van der Waals surface area contributed by atoms with Crippen LogP contribution in [0.5, 0.6) is 5.75 Å². The third-order valence-corrected chi connectivity index (χ3v) is 3.52. The van der Waals surface area contributed by atoms with E-state index >= 15 is 0 Å². The second-order valence-corrected chi connectivity index (χ2v) is 4.85. The molecule has 0 amide bonds. The van der Waals surface area contributed by atoms with E-state index in [4.69, 9.17) is 20.8 Å². The van der Waals surface area contributed by atoms with Crippen molar-refractivity contribution >= 4 is 11.0 Å². The van der Waals surface area contributed by atoms with Gasteiger partial charge in [0.1, 0.15) is 23.2 Å². The monoisotopic (exact) mass is 301 g/mol. The summed E-state index contributed by atoms with van der Waals surface area (Å²) in [5.41, 5.74) is 1.77. The Morgan fingerprint density at radius 2 is 1.96 bits per heavy atom. The molecule has 0 radical (unpaired) electrons. The highest BCUT2D eigenvalue weighted by atomic mass is 16.5. The average Bonchev–Trinajstić information content (AvgIpc) is 2.60. The van der Waals surface area contributed by atoms with Crippen molar-refractivity contribution < 1.29 is 9.15 Å². The molecule has 3 rings (SSSR count). The van der Waals surface area contributed by atoms with Crippen LogP contribution in [0.15, 0.2) is 51.7 Å². The van der Waals surface area contributed by atoms with Crippen molar-refractivity contribution in [1.29, 1.82) is 5.26 Å². The summed E-state index contributed by atoms with van der Waals surface area (Å²) in [6.07, 6.45) is 5.42. The Bertz CT molecular complexity index is 1050. The molecule has 0 aliphatic carbocycles. The molecule has 2 aromatic carbocycles. The molecule has 23 heavy (non-hydrogen) atoms. The number of hydrogen-bond donors (Lipinski definition) is 0. The number of nitrogens with zero attached hydrogens (tertiary/aromatic N) is 1. The predicted molar refractivity (Wildman–Crippen MR) is 87.1 cm³/mol. The number of benzene rings is 2. The third kappa shape index (κ3) is 2.54. The minimum atomic E-state index is -0.157. The molecule has 0 unspecified atom stereocenters. The van der Waals surface area contributed by atoms with Crippen LogP contribution in [0.25, 0.3) is 22.3 Å². The topological polar surface area (TPSA) is 63.2 Å². The quantitative estimate of drug-likeness (QED) is 0.681. The maximum Gasteiger partial charge on any atom is 0.193 e. The fourth-order valence-corrected chi connectivity index (χ4v) is 2.32. The second kappa shape index (κ2) is 5.71. The van der Waals surface area contributed by atoms with E-state index in [1.165, 1.54) is 6.07 Å². The van der Waals surface area contributed by atoms with Crippen molar-refractivity contribution in [2.45, 2.75) is 0 Å². The van der Waals surface area contributed by atoms with Crippen LogP contribution in [0.2, 0.25) is 0 Å². The van der Waals surface area contributed by atoms with E-state index < -0.39 is 0 Å². The molecule has 1 aromatic heterocycles. The van der Waals surface area contributed by atoms with Gasteiger partial charge >= 0.3 is 0 Å². The van der Waals surface area contributed by atoms with Gasteiger partial charge in [0.25, 0.3) is 0 Å². The molecule has 0 saturated heterocycles. The summed E-state index contributed by atoms with van der Waals surface area (Å²) in [6.45, 7) is 0. The molecule has 0 saturated carbocycles. The van der Waals surface area contributed by atoms with E-state index in [-0.39, 0.29) is 5.43 Å². The number of methoxy groups -OCH3 is 1. The highest BCUT2D eigenvalue weighted by Crippen LogP contribution is 2.26. The van der Waals surface area contributed by atoms with E-state index in [1.807, 2.05) is 6.07 Å². The summed E-state index contributed by atoms with van der Waals surface area (Å²) < 4.78 is 11.0. The molecular formula is C19H11NO3. The van der Waals surface area contributed by atoms with E-state index in [1.54, 1.807) is 43.5 Å². The average molecular weight is 301 g/mol. The fraction of sp³-hybridized carbons (Fsp3) is 0.0526. The van der Waals surface area contributed by atoms with Crippen LogP contribution in [0.4, 0.5) is 0 Å². The summed E-state index contributed by atoms with van der Waals surface area (Å²) in [7, 11) is 1.54. The van der Waals surface area contributed by atoms with E-state index in [0.717, 1.165) is 0 Å². The van der Waals surface area contributed by atoms with Crippen LogP contribution < -0.4 is 10.2 Å². The maximum atomic E-state index is 12.3. The number of hydrogen-bond acceptors (Lipinski definition) is 4. The second-order valence-electron chi connectivity index (χ2n) is 4.85. The van der Waals surface area contributed by atoms with Gasteiger partial charge in [0.15, 0.2) is 5.43 Å². The van der Waals surface area contributed by atoms with Crippen LogP contribution in [-0.4, -0.2) is 7.11 Å². The van der Waals surface area contributed by atoms with Crippen LogP contribution >= 0.6 is 0 Å². The SMILES string of the molecule is C#Cc1cc(-c2cc(=O)c3ccc(OC)cc3o2)ccc1C#N. The van der Waals surface area contributed by atoms with Gasteiger partial charge in [-0.25, -0.2) is 0 Å². The first kappa shape index (κ1) is 14.4.